The van der Waals surface area contributed by atoms with Crippen LogP contribution in [0, 0.1) is 5.41 Å². The van der Waals surface area contributed by atoms with Gasteiger partial charge in [0, 0.05) is 38.3 Å². The third-order valence-corrected chi connectivity index (χ3v) is 4.27. The fourth-order valence-electron chi connectivity index (χ4n) is 2.73. The van der Waals surface area contributed by atoms with E-state index in [9.17, 15) is 0 Å². The van der Waals surface area contributed by atoms with E-state index in [1.165, 1.54) is 32.1 Å². The predicted molar refractivity (Wildman–Crippen MR) is 75.7 cm³/mol. The molecular weight excluding hydrogens is 224 g/mol. The smallest absolute Gasteiger partial charge is 0.0443 e. The maximum Gasteiger partial charge on any atom is 0.0443 e. The molecule has 0 bridgehead atoms. The van der Waals surface area contributed by atoms with Gasteiger partial charge in [0.1, 0.15) is 0 Å². The summed E-state index contributed by atoms with van der Waals surface area (Å²) in [5, 5.41) is 12.7. The quantitative estimate of drug-likeness (QED) is 0.660. The van der Waals surface area contributed by atoms with Gasteiger partial charge in [-0.15, -0.1) is 0 Å². The van der Waals surface area contributed by atoms with Crippen molar-refractivity contribution in [2.45, 2.75) is 64.5 Å². The van der Waals surface area contributed by atoms with E-state index in [1.807, 2.05) is 0 Å². The Morgan fingerprint density at radius 1 is 1.22 bits per heavy atom. The molecule has 0 spiro atoms. The lowest BCUT2D eigenvalue weighted by Crippen LogP contribution is -2.48. The Bertz CT molecular complexity index is 247. The largest absolute Gasteiger partial charge is 0.396 e. The molecule has 0 aliphatic heterocycles. The minimum atomic E-state index is 0.323. The van der Waals surface area contributed by atoms with Crippen LogP contribution in [0.4, 0.5) is 0 Å². The Morgan fingerprint density at radius 3 is 2.44 bits per heavy atom. The Hall–Kier alpha value is -0.120. The van der Waals surface area contributed by atoms with Crippen LogP contribution >= 0.6 is 0 Å². The molecule has 2 aliphatic rings. The van der Waals surface area contributed by atoms with Gasteiger partial charge in [-0.25, -0.2) is 0 Å². The molecule has 3 nitrogen and oxygen atoms in total. The molecule has 3 heteroatoms. The van der Waals surface area contributed by atoms with Crippen LogP contribution in [0.1, 0.15) is 52.4 Å². The molecule has 0 aromatic rings. The first kappa shape index (κ1) is 14.3. The second kappa shape index (κ2) is 6.36. The second-order valence-electron chi connectivity index (χ2n) is 6.95. The van der Waals surface area contributed by atoms with Crippen LogP contribution in [0.5, 0.6) is 0 Å². The monoisotopic (exact) mass is 254 g/mol. The molecule has 2 aliphatic carbocycles. The lowest BCUT2D eigenvalue weighted by molar-refractivity contribution is 0.0746. The lowest BCUT2D eigenvalue weighted by atomic mass is 9.87. The number of rotatable bonds is 9. The van der Waals surface area contributed by atoms with Crippen LogP contribution in [-0.2, 0) is 0 Å². The van der Waals surface area contributed by atoms with E-state index < -0.39 is 0 Å². The molecule has 0 unspecified atom stereocenters. The zero-order chi connectivity index (χ0) is 13.0. The molecule has 0 saturated heterocycles. The first-order valence-electron chi connectivity index (χ1n) is 7.69. The molecule has 2 rings (SSSR count). The molecule has 18 heavy (non-hydrogen) atoms. The molecule has 0 heterocycles. The topological polar surface area (TPSA) is 35.5 Å². The summed E-state index contributed by atoms with van der Waals surface area (Å²) in [4.78, 5) is 2.62. The molecule has 0 radical (unpaired) electrons. The summed E-state index contributed by atoms with van der Waals surface area (Å²) in [6, 6.07) is 1.59. The van der Waals surface area contributed by atoms with Crippen LogP contribution in [0.2, 0.25) is 0 Å². The average Bonchev–Trinajstić information content (AvgIpc) is 3.04. The van der Waals surface area contributed by atoms with Gasteiger partial charge in [0.2, 0.25) is 0 Å². The third kappa shape index (κ3) is 4.52. The van der Waals surface area contributed by atoms with Crippen molar-refractivity contribution in [1.82, 2.24) is 10.2 Å². The first-order valence-corrected chi connectivity index (χ1v) is 7.69. The van der Waals surface area contributed by atoms with E-state index >= 15 is 0 Å². The zero-order valence-corrected chi connectivity index (χ0v) is 12.1. The Labute approximate surface area is 112 Å². The Balaban J connectivity index is 1.76. The molecule has 0 amide bonds. The van der Waals surface area contributed by atoms with Gasteiger partial charge >= 0.3 is 0 Å². The molecule has 0 aromatic carbocycles. The number of aliphatic hydroxyl groups excluding tert-OH is 1. The van der Waals surface area contributed by atoms with Crippen molar-refractivity contribution in [3.63, 3.8) is 0 Å². The normalized spacial score (nSPS) is 21.3. The highest BCUT2D eigenvalue weighted by Crippen LogP contribution is 2.29. The summed E-state index contributed by atoms with van der Waals surface area (Å²) < 4.78 is 0. The fourth-order valence-corrected chi connectivity index (χ4v) is 2.73. The van der Waals surface area contributed by atoms with Gasteiger partial charge in [-0.1, -0.05) is 20.3 Å². The summed E-state index contributed by atoms with van der Waals surface area (Å²) in [7, 11) is 0. The highest BCUT2D eigenvalue weighted by Gasteiger charge is 2.31. The average molecular weight is 254 g/mol. The van der Waals surface area contributed by atoms with Gasteiger partial charge < -0.3 is 10.4 Å². The van der Waals surface area contributed by atoms with Crippen molar-refractivity contribution in [2.75, 3.05) is 26.2 Å². The highest BCUT2D eigenvalue weighted by molar-refractivity contribution is 4.88. The third-order valence-electron chi connectivity index (χ3n) is 4.27. The van der Waals surface area contributed by atoms with Crippen LogP contribution in [0.3, 0.4) is 0 Å². The van der Waals surface area contributed by atoms with Crippen molar-refractivity contribution in [2.24, 2.45) is 5.41 Å². The van der Waals surface area contributed by atoms with Gasteiger partial charge in [0.05, 0.1) is 0 Å². The van der Waals surface area contributed by atoms with Crippen LogP contribution in [-0.4, -0.2) is 48.3 Å². The second-order valence-corrected chi connectivity index (χ2v) is 6.95. The number of aliphatic hydroxyl groups is 1. The van der Waals surface area contributed by atoms with Crippen molar-refractivity contribution >= 4 is 0 Å². The van der Waals surface area contributed by atoms with Gasteiger partial charge in [-0.3, -0.25) is 4.90 Å². The summed E-state index contributed by atoms with van der Waals surface area (Å²) in [5.41, 5.74) is 0.341. The summed E-state index contributed by atoms with van der Waals surface area (Å²) in [5.74, 6) is 0. The molecule has 0 atom stereocenters. The van der Waals surface area contributed by atoms with Crippen LogP contribution < -0.4 is 5.32 Å². The summed E-state index contributed by atoms with van der Waals surface area (Å²) in [6.07, 6.45) is 7.76. The Morgan fingerprint density at radius 2 is 1.94 bits per heavy atom. The molecule has 2 N–H and O–H groups in total. The van der Waals surface area contributed by atoms with E-state index in [-0.39, 0.29) is 0 Å². The minimum absolute atomic E-state index is 0.323. The van der Waals surface area contributed by atoms with E-state index in [4.69, 9.17) is 5.11 Å². The number of nitrogens with zero attached hydrogens (tertiary/aromatic N) is 1. The molecule has 2 fully saturated rings. The van der Waals surface area contributed by atoms with Gasteiger partial charge in [-0.2, -0.15) is 0 Å². The van der Waals surface area contributed by atoms with Crippen LogP contribution in [0.15, 0.2) is 0 Å². The van der Waals surface area contributed by atoms with Crippen molar-refractivity contribution in [1.29, 1.82) is 0 Å². The molecule has 0 aromatic heterocycles. The van der Waals surface area contributed by atoms with E-state index in [1.54, 1.807) is 0 Å². The van der Waals surface area contributed by atoms with Crippen molar-refractivity contribution in [3.8, 4) is 0 Å². The summed E-state index contributed by atoms with van der Waals surface area (Å²) >= 11 is 0. The van der Waals surface area contributed by atoms with Gasteiger partial charge in [0.15, 0.2) is 0 Å². The lowest BCUT2D eigenvalue weighted by Gasteiger charge is -2.42. The van der Waals surface area contributed by atoms with E-state index in [0.717, 1.165) is 38.1 Å². The van der Waals surface area contributed by atoms with Gasteiger partial charge in [0.25, 0.3) is 0 Å². The fraction of sp³-hybridized carbons (Fsp3) is 1.00. The number of hydrogen-bond donors (Lipinski definition) is 2. The Kier molecular flexibility index (Phi) is 5.05. The zero-order valence-electron chi connectivity index (χ0n) is 12.1. The van der Waals surface area contributed by atoms with Crippen LogP contribution in [0.25, 0.3) is 0 Å². The molecule has 106 valence electrons. The maximum atomic E-state index is 9.03. The SMILES string of the molecule is CC(C)(CNC1CC1)CN(CCCO)C1CCC1. The van der Waals surface area contributed by atoms with E-state index in [0.29, 0.717) is 12.0 Å². The standard InChI is InChI=1S/C15H30N2O/c1-15(2,11-16-13-7-8-13)12-17(9-4-10-18)14-5-3-6-14/h13-14,16,18H,3-12H2,1-2H3. The molecular formula is C15H30N2O. The summed E-state index contributed by atoms with van der Waals surface area (Å²) in [6.45, 7) is 8.41. The maximum absolute atomic E-state index is 9.03. The van der Waals surface area contributed by atoms with E-state index in [2.05, 4.69) is 24.1 Å². The number of nitrogens with one attached hydrogen (secondary N) is 1. The molecule has 2 saturated carbocycles. The first-order chi connectivity index (χ1) is 8.61. The van der Waals surface area contributed by atoms with Crippen molar-refractivity contribution in [3.05, 3.63) is 0 Å². The predicted octanol–water partition coefficient (Wildman–Crippen LogP) is 2.00. The van der Waals surface area contributed by atoms with Gasteiger partial charge in [-0.05, 0) is 37.5 Å². The highest BCUT2D eigenvalue weighted by atomic mass is 16.3. The number of hydrogen-bond acceptors (Lipinski definition) is 3. The van der Waals surface area contributed by atoms with Crippen molar-refractivity contribution < 1.29 is 5.11 Å². The minimum Gasteiger partial charge on any atom is -0.396 e.